The number of carbonyl (C=O) groups is 1. The Morgan fingerprint density at radius 1 is 1.59 bits per heavy atom. The lowest BCUT2D eigenvalue weighted by atomic mass is 10.2. The summed E-state index contributed by atoms with van der Waals surface area (Å²) in [6.45, 7) is 5.96. The Morgan fingerprint density at radius 2 is 2.29 bits per heavy atom. The topological polar surface area (TPSA) is 80.1 Å². The standard InChI is InChI=1S/C10H17N3O3S/c1-10(2,3)16-8(14)11-6-4-5-7-12-13-9(17)15-7/h4-6H2,1-3H3,(H,11,14)(H,13,17). The molecule has 0 aliphatic carbocycles. The molecule has 17 heavy (non-hydrogen) atoms. The molecule has 0 saturated carbocycles. The second-order valence-electron chi connectivity index (χ2n) is 4.54. The number of aromatic amines is 1. The predicted molar refractivity (Wildman–Crippen MR) is 64.2 cm³/mol. The van der Waals surface area contributed by atoms with Crippen LogP contribution in [0.2, 0.25) is 0 Å². The van der Waals surface area contributed by atoms with Crippen LogP contribution < -0.4 is 5.32 Å². The van der Waals surface area contributed by atoms with Crippen LogP contribution in [-0.2, 0) is 11.2 Å². The summed E-state index contributed by atoms with van der Waals surface area (Å²) in [5.41, 5.74) is -0.473. The smallest absolute Gasteiger partial charge is 0.407 e. The van der Waals surface area contributed by atoms with Crippen LogP contribution in [0, 0.1) is 4.84 Å². The summed E-state index contributed by atoms with van der Waals surface area (Å²) < 4.78 is 10.2. The van der Waals surface area contributed by atoms with Crippen LogP contribution in [-0.4, -0.2) is 28.4 Å². The number of carbonyl (C=O) groups excluding carboxylic acids is 1. The van der Waals surface area contributed by atoms with Gasteiger partial charge in [0.2, 0.25) is 5.89 Å². The first-order chi connectivity index (χ1) is 7.87. The number of nitrogens with zero attached hydrogens (tertiary/aromatic N) is 1. The van der Waals surface area contributed by atoms with Crippen molar-refractivity contribution in [3.05, 3.63) is 10.7 Å². The lowest BCUT2D eigenvalue weighted by molar-refractivity contribution is 0.0527. The molecule has 0 aliphatic rings. The summed E-state index contributed by atoms with van der Waals surface area (Å²) in [7, 11) is 0. The highest BCUT2D eigenvalue weighted by Crippen LogP contribution is 2.06. The molecule has 0 radical (unpaired) electrons. The maximum atomic E-state index is 11.3. The normalized spacial score (nSPS) is 11.2. The number of ether oxygens (including phenoxy) is 1. The van der Waals surface area contributed by atoms with Crippen LogP contribution in [0.1, 0.15) is 33.1 Å². The second kappa shape index (κ2) is 5.81. The molecule has 96 valence electrons. The summed E-state index contributed by atoms with van der Waals surface area (Å²) >= 11 is 4.74. The summed E-state index contributed by atoms with van der Waals surface area (Å²) in [4.78, 5) is 11.5. The highest BCUT2D eigenvalue weighted by molar-refractivity contribution is 7.71. The third kappa shape index (κ3) is 6.06. The van der Waals surface area contributed by atoms with Gasteiger partial charge in [0.15, 0.2) is 0 Å². The van der Waals surface area contributed by atoms with E-state index in [0.29, 0.717) is 25.3 Å². The van der Waals surface area contributed by atoms with Crippen LogP contribution in [0.4, 0.5) is 4.79 Å². The minimum Gasteiger partial charge on any atom is -0.444 e. The lowest BCUT2D eigenvalue weighted by Gasteiger charge is -2.19. The van der Waals surface area contributed by atoms with Gasteiger partial charge >= 0.3 is 6.09 Å². The van der Waals surface area contributed by atoms with Crippen LogP contribution in [0.5, 0.6) is 0 Å². The average molecular weight is 259 g/mol. The zero-order valence-electron chi connectivity index (χ0n) is 10.2. The molecular weight excluding hydrogens is 242 g/mol. The maximum Gasteiger partial charge on any atom is 0.407 e. The van der Waals surface area contributed by atoms with Gasteiger partial charge in [-0.1, -0.05) is 0 Å². The van der Waals surface area contributed by atoms with E-state index in [2.05, 4.69) is 15.5 Å². The third-order valence-electron chi connectivity index (χ3n) is 1.72. The molecule has 1 aromatic heterocycles. The number of aryl methyl sites for hydroxylation is 1. The molecule has 0 spiro atoms. The van der Waals surface area contributed by atoms with Gasteiger partial charge in [0.25, 0.3) is 4.84 Å². The first-order valence-corrected chi connectivity index (χ1v) is 5.79. The second-order valence-corrected chi connectivity index (χ2v) is 4.91. The van der Waals surface area contributed by atoms with Crippen molar-refractivity contribution in [3.8, 4) is 0 Å². The predicted octanol–water partition coefficient (Wildman–Crippen LogP) is 2.19. The largest absolute Gasteiger partial charge is 0.444 e. The van der Waals surface area contributed by atoms with Gasteiger partial charge in [-0.2, -0.15) is 0 Å². The van der Waals surface area contributed by atoms with Gasteiger partial charge in [-0.3, -0.25) is 0 Å². The van der Waals surface area contributed by atoms with E-state index < -0.39 is 11.7 Å². The van der Waals surface area contributed by atoms with E-state index in [0.717, 1.165) is 0 Å². The molecule has 1 rings (SSSR count). The Bertz CT molecular complexity index is 419. The third-order valence-corrected chi connectivity index (χ3v) is 1.89. The molecule has 0 unspecified atom stereocenters. The zero-order valence-corrected chi connectivity index (χ0v) is 11.0. The molecule has 0 fully saturated rings. The number of H-pyrrole nitrogens is 1. The van der Waals surface area contributed by atoms with Crippen molar-refractivity contribution in [2.75, 3.05) is 6.54 Å². The van der Waals surface area contributed by atoms with Gasteiger partial charge in [-0.25, -0.2) is 9.89 Å². The number of alkyl carbamates (subject to hydrolysis) is 1. The summed E-state index contributed by atoms with van der Waals surface area (Å²) in [6, 6.07) is 0. The van der Waals surface area contributed by atoms with Crippen molar-refractivity contribution in [3.63, 3.8) is 0 Å². The first-order valence-electron chi connectivity index (χ1n) is 5.38. The molecule has 1 aromatic rings. The molecule has 2 N–H and O–H groups in total. The maximum absolute atomic E-state index is 11.3. The minimum absolute atomic E-state index is 0.264. The molecule has 0 aromatic carbocycles. The van der Waals surface area contributed by atoms with Crippen molar-refractivity contribution in [2.24, 2.45) is 0 Å². The fourth-order valence-corrected chi connectivity index (χ4v) is 1.25. The fraction of sp³-hybridized carbons (Fsp3) is 0.700. The van der Waals surface area contributed by atoms with Crippen LogP contribution in [0.25, 0.3) is 0 Å². The highest BCUT2D eigenvalue weighted by atomic mass is 32.1. The molecule has 0 bridgehead atoms. The molecule has 7 heteroatoms. The quantitative estimate of drug-likeness (QED) is 0.640. The van der Waals surface area contributed by atoms with E-state index in [4.69, 9.17) is 21.4 Å². The zero-order chi connectivity index (χ0) is 12.9. The summed E-state index contributed by atoms with van der Waals surface area (Å²) in [5.74, 6) is 0.543. The number of hydrogen-bond acceptors (Lipinski definition) is 5. The highest BCUT2D eigenvalue weighted by Gasteiger charge is 2.15. The van der Waals surface area contributed by atoms with Gasteiger partial charge in [-0.15, -0.1) is 5.10 Å². The Labute approximate surface area is 105 Å². The van der Waals surface area contributed by atoms with Gasteiger partial charge in [0.05, 0.1) is 0 Å². The van der Waals surface area contributed by atoms with Crippen molar-refractivity contribution >= 4 is 18.3 Å². The minimum atomic E-state index is -0.473. The number of hydrogen-bond donors (Lipinski definition) is 2. The van der Waals surface area contributed by atoms with Crippen molar-refractivity contribution in [2.45, 2.75) is 39.2 Å². The van der Waals surface area contributed by atoms with Gasteiger partial charge in [0, 0.05) is 13.0 Å². The Morgan fingerprint density at radius 3 is 2.82 bits per heavy atom. The fourth-order valence-electron chi connectivity index (χ4n) is 1.11. The summed E-state index contributed by atoms with van der Waals surface area (Å²) in [6.07, 6.45) is 0.908. The Kier molecular flexibility index (Phi) is 4.68. The number of aromatic nitrogens is 2. The summed E-state index contributed by atoms with van der Waals surface area (Å²) in [5, 5.41) is 9.04. The monoisotopic (exact) mass is 259 g/mol. The molecule has 1 amide bonds. The number of amides is 1. The van der Waals surface area contributed by atoms with E-state index >= 15 is 0 Å². The number of rotatable bonds is 4. The van der Waals surface area contributed by atoms with E-state index in [1.807, 2.05) is 20.8 Å². The Hall–Kier alpha value is -1.37. The van der Waals surface area contributed by atoms with Crippen LogP contribution in [0.15, 0.2) is 4.42 Å². The van der Waals surface area contributed by atoms with E-state index in [1.165, 1.54) is 0 Å². The van der Waals surface area contributed by atoms with Crippen molar-refractivity contribution in [1.29, 1.82) is 0 Å². The molecular formula is C10H17N3O3S. The SMILES string of the molecule is CC(C)(C)OC(=O)NCCCc1n[nH]c(=S)o1. The number of nitrogens with one attached hydrogen (secondary N) is 2. The molecule has 1 heterocycles. The molecule has 0 atom stereocenters. The first kappa shape index (κ1) is 13.7. The van der Waals surface area contributed by atoms with E-state index in [-0.39, 0.29) is 4.84 Å². The molecule has 0 saturated heterocycles. The van der Waals surface area contributed by atoms with Gasteiger partial charge in [-0.05, 0) is 39.4 Å². The van der Waals surface area contributed by atoms with Gasteiger partial charge in [0.1, 0.15) is 5.60 Å². The van der Waals surface area contributed by atoms with E-state index in [1.54, 1.807) is 0 Å². The van der Waals surface area contributed by atoms with Gasteiger partial charge < -0.3 is 14.5 Å². The van der Waals surface area contributed by atoms with E-state index in [9.17, 15) is 4.79 Å². The molecule has 6 nitrogen and oxygen atoms in total. The average Bonchev–Trinajstić information content (AvgIpc) is 2.56. The van der Waals surface area contributed by atoms with Crippen molar-refractivity contribution < 1.29 is 13.9 Å². The molecule has 0 aliphatic heterocycles. The van der Waals surface area contributed by atoms with Crippen molar-refractivity contribution in [1.82, 2.24) is 15.5 Å². The van der Waals surface area contributed by atoms with Crippen LogP contribution in [0.3, 0.4) is 0 Å². The van der Waals surface area contributed by atoms with Crippen LogP contribution >= 0.6 is 12.2 Å². The lowest BCUT2D eigenvalue weighted by Crippen LogP contribution is -2.33. The Balaban J connectivity index is 2.16.